The molecule has 0 spiro atoms. The molecule has 1 aromatic rings. The molecule has 0 radical (unpaired) electrons. The van der Waals surface area contributed by atoms with Crippen molar-refractivity contribution in [2.75, 3.05) is 24.5 Å². The van der Waals surface area contributed by atoms with Gasteiger partial charge in [0.2, 0.25) is 0 Å². The van der Waals surface area contributed by atoms with Gasteiger partial charge in [-0.2, -0.15) is 0 Å². The van der Waals surface area contributed by atoms with E-state index in [9.17, 15) is 0 Å². The number of hydrogen-bond donors (Lipinski definition) is 1. The van der Waals surface area contributed by atoms with Crippen LogP contribution in [-0.2, 0) is 6.42 Å². The molecule has 0 aromatic carbocycles. The zero-order valence-corrected chi connectivity index (χ0v) is 11.4. The molecule has 1 aliphatic heterocycles. The minimum absolute atomic E-state index is 0.511. The molecule has 0 amide bonds. The first-order valence-corrected chi connectivity index (χ1v) is 7.68. The Labute approximate surface area is 107 Å². The van der Waals surface area contributed by atoms with Gasteiger partial charge in [0.1, 0.15) is 0 Å². The molecule has 2 heterocycles. The topological polar surface area (TPSA) is 28.2 Å². The number of hydrogen-bond acceptors (Lipinski definition) is 4. The van der Waals surface area contributed by atoms with Gasteiger partial charge in [-0.3, -0.25) is 0 Å². The maximum Gasteiger partial charge on any atom is 0.185 e. The normalized spacial score (nSPS) is 24.1. The van der Waals surface area contributed by atoms with Gasteiger partial charge in [0, 0.05) is 18.0 Å². The molecule has 1 unspecified atom stereocenters. The summed E-state index contributed by atoms with van der Waals surface area (Å²) in [5.41, 5.74) is 1.35. The van der Waals surface area contributed by atoms with E-state index in [2.05, 4.69) is 17.1 Å². The summed E-state index contributed by atoms with van der Waals surface area (Å²) in [5, 5.41) is 4.85. The quantitative estimate of drug-likeness (QED) is 0.895. The molecule has 94 valence electrons. The van der Waals surface area contributed by atoms with E-state index in [1.807, 2.05) is 11.3 Å². The Kier molecular flexibility index (Phi) is 3.34. The van der Waals surface area contributed by atoms with Crippen LogP contribution < -0.4 is 10.2 Å². The second-order valence-electron chi connectivity index (χ2n) is 5.00. The monoisotopic (exact) mass is 251 g/mol. The molecule has 1 fully saturated rings. The van der Waals surface area contributed by atoms with Crippen LogP contribution in [0.15, 0.2) is 0 Å². The van der Waals surface area contributed by atoms with Crippen LogP contribution in [0.25, 0.3) is 0 Å². The van der Waals surface area contributed by atoms with Crippen LogP contribution in [0, 0.1) is 0 Å². The zero-order valence-electron chi connectivity index (χ0n) is 10.5. The van der Waals surface area contributed by atoms with Crippen LogP contribution in [0.1, 0.15) is 49.2 Å². The van der Waals surface area contributed by atoms with E-state index in [0.29, 0.717) is 6.04 Å². The van der Waals surface area contributed by atoms with Gasteiger partial charge in [0.25, 0.3) is 0 Å². The number of thiazole rings is 1. The molecule has 0 saturated carbocycles. The van der Waals surface area contributed by atoms with Crippen LogP contribution in [0.3, 0.4) is 0 Å². The molecule has 3 rings (SSSR count). The van der Waals surface area contributed by atoms with Crippen molar-refractivity contribution in [3.63, 3.8) is 0 Å². The van der Waals surface area contributed by atoms with Gasteiger partial charge in [-0.05, 0) is 38.6 Å². The van der Waals surface area contributed by atoms with Crippen LogP contribution in [0.4, 0.5) is 5.13 Å². The first-order valence-electron chi connectivity index (χ1n) is 6.86. The van der Waals surface area contributed by atoms with Gasteiger partial charge < -0.3 is 10.2 Å². The minimum Gasteiger partial charge on any atom is -0.348 e. The summed E-state index contributed by atoms with van der Waals surface area (Å²) >= 11 is 1.94. The van der Waals surface area contributed by atoms with Crippen molar-refractivity contribution in [3.05, 3.63) is 10.6 Å². The molecule has 4 heteroatoms. The standard InChI is InChI=1S/C13H21N3S/c1-2-14-10-6-5-7-11-12(10)15-13(17-11)16-8-3-4-9-16/h10,14H,2-9H2,1H3. The summed E-state index contributed by atoms with van der Waals surface area (Å²) in [6.07, 6.45) is 6.47. The Morgan fingerprint density at radius 2 is 2.18 bits per heavy atom. The minimum atomic E-state index is 0.511. The molecular formula is C13H21N3S. The first kappa shape index (κ1) is 11.5. The number of anilines is 1. The van der Waals surface area contributed by atoms with Crippen molar-refractivity contribution < 1.29 is 0 Å². The number of rotatable bonds is 3. The highest BCUT2D eigenvalue weighted by Gasteiger charge is 2.26. The average molecular weight is 251 g/mol. The fourth-order valence-corrected chi connectivity index (χ4v) is 4.11. The molecule has 3 nitrogen and oxygen atoms in total. The van der Waals surface area contributed by atoms with Gasteiger partial charge in [0.15, 0.2) is 5.13 Å². The molecular weight excluding hydrogens is 230 g/mol. The van der Waals surface area contributed by atoms with Gasteiger partial charge in [-0.15, -0.1) is 11.3 Å². The lowest BCUT2D eigenvalue weighted by Gasteiger charge is -2.21. The third kappa shape index (κ3) is 2.20. The molecule has 2 aliphatic rings. The Bertz CT molecular complexity index is 382. The SMILES string of the molecule is CCNC1CCCc2sc(N3CCCC3)nc21. The average Bonchev–Trinajstić information content (AvgIpc) is 2.98. The molecule has 0 bridgehead atoms. The van der Waals surface area contributed by atoms with Gasteiger partial charge in [-0.1, -0.05) is 6.92 Å². The maximum atomic E-state index is 4.91. The van der Waals surface area contributed by atoms with E-state index < -0.39 is 0 Å². The van der Waals surface area contributed by atoms with E-state index in [4.69, 9.17) is 4.98 Å². The third-order valence-electron chi connectivity index (χ3n) is 3.77. The lowest BCUT2D eigenvalue weighted by atomic mass is 9.98. The molecule has 1 atom stereocenters. The highest BCUT2D eigenvalue weighted by Crippen LogP contribution is 2.37. The Hall–Kier alpha value is -0.610. The van der Waals surface area contributed by atoms with Crippen LogP contribution in [-0.4, -0.2) is 24.6 Å². The van der Waals surface area contributed by atoms with E-state index in [-0.39, 0.29) is 0 Å². The van der Waals surface area contributed by atoms with Gasteiger partial charge >= 0.3 is 0 Å². The highest BCUT2D eigenvalue weighted by molar-refractivity contribution is 7.15. The van der Waals surface area contributed by atoms with Crippen molar-refractivity contribution in [2.24, 2.45) is 0 Å². The number of nitrogens with zero attached hydrogens (tertiary/aromatic N) is 2. The van der Waals surface area contributed by atoms with Gasteiger partial charge in [0.05, 0.1) is 11.7 Å². The van der Waals surface area contributed by atoms with Crippen molar-refractivity contribution in [1.82, 2.24) is 10.3 Å². The number of aromatic nitrogens is 1. The second kappa shape index (κ2) is 4.94. The molecule has 1 aromatic heterocycles. The maximum absolute atomic E-state index is 4.91. The summed E-state index contributed by atoms with van der Waals surface area (Å²) in [5.74, 6) is 0. The van der Waals surface area contributed by atoms with E-state index >= 15 is 0 Å². The lowest BCUT2D eigenvalue weighted by molar-refractivity contribution is 0.465. The van der Waals surface area contributed by atoms with E-state index in [1.165, 1.54) is 60.9 Å². The van der Waals surface area contributed by atoms with E-state index in [1.54, 1.807) is 0 Å². The summed E-state index contributed by atoms with van der Waals surface area (Å²) in [6.45, 7) is 5.64. The zero-order chi connectivity index (χ0) is 11.7. The van der Waals surface area contributed by atoms with Crippen molar-refractivity contribution >= 4 is 16.5 Å². The number of nitrogens with one attached hydrogen (secondary N) is 1. The fraction of sp³-hybridized carbons (Fsp3) is 0.769. The molecule has 17 heavy (non-hydrogen) atoms. The fourth-order valence-electron chi connectivity index (χ4n) is 2.89. The predicted molar refractivity (Wildman–Crippen MR) is 72.9 cm³/mol. The van der Waals surface area contributed by atoms with Crippen LogP contribution in [0.5, 0.6) is 0 Å². The van der Waals surface area contributed by atoms with Crippen LogP contribution in [0.2, 0.25) is 0 Å². The molecule has 1 saturated heterocycles. The molecule has 1 N–H and O–H groups in total. The third-order valence-corrected chi connectivity index (χ3v) is 4.96. The largest absolute Gasteiger partial charge is 0.348 e. The summed E-state index contributed by atoms with van der Waals surface area (Å²) in [4.78, 5) is 8.91. The summed E-state index contributed by atoms with van der Waals surface area (Å²) in [6, 6.07) is 0.511. The number of aryl methyl sites for hydroxylation is 1. The first-order chi connectivity index (χ1) is 8.38. The second-order valence-corrected chi connectivity index (χ2v) is 6.06. The van der Waals surface area contributed by atoms with Crippen LogP contribution >= 0.6 is 11.3 Å². The summed E-state index contributed by atoms with van der Waals surface area (Å²) < 4.78 is 0. The Morgan fingerprint density at radius 1 is 1.35 bits per heavy atom. The van der Waals surface area contributed by atoms with Gasteiger partial charge in [-0.25, -0.2) is 4.98 Å². The Morgan fingerprint density at radius 3 is 2.94 bits per heavy atom. The Balaban J connectivity index is 1.84. The summed E-state index contributed by atoms with van der Waals surface area (Å²) in [7, 11) is 0. The highest BCUT2D eigenvalue weighted by atomic mass is 32.1. The van der Waals surface area contributed by atoms with E-state index in [0.717, 1.165) is 6.54 Å². The lowest BCUT2D eigenvalue weighted by Crippen LogP contribution is -2.25. The van der Waals surface area contributed by atoms with Crippen molar-refractivity contribution in [2.45, 2.75) is 45.1 Å². The number of fused-ring (bicyclic) bond motifs is 1. The predicted octanol–water partition coefficient (Wildman–Crippen LogP) is 2.73. The molecule has 1 aliphatic carbocycles. The van der Waals surface area contributed by atoms with Crippen molar-refractivity contribution in [1.29, 1.82) is 0 Å². The van der Waals surface area contributed by atoms with Crippen molar-refractivity contribution in [3.8, 4) is 0 Å². The smallest absolute Gasteiger partial charge is 0.185 e.